The number of amides is 1. The summed E-state index contributed by atoms with van der Waals surface area (Å²) in [7, 11) is 0. The van der Waals surface area contributed by atoms with Crippen LogP contribution in [0.25, 0.3) is 11.3 Å². The summed E-state index contributed by atoms with van der Waals surface area (Å²) in [5.41, 5.74) is 5.32. The lowest BCUT2D eigenvalue weighted by Gasteiger charge is -2.09. The Bertz CT molecular complexity index is 1070. The second-order valence-electron chi connectivity index (χ2n) is 6.21. The summed E-state index contributed by atoms with van der Waals surface area (Å²) in [6.07, 6.45) is 1.82. The Morgan fingerprint density at radius 1 is 1.24 bits per heavy atom. The van der Waals surface area contributed by atoms with Crippen LogP contribution < -0.4 is 15.0 Å². The Hall–Kier alpha value is -2.64. The van der Waals surface area contributed by atoms with Gasteiger partial charge in [0.05, 0.1) is 12.3 Å². The number of nitrogens with one attached hydrogen (secondary N) is 1. The van der Waals surface area contributed by atoms with Crippen LogP contribution in [-0.4, -0.2) is 17.1 Å². The lowest BCUT2D eigenvalue weighted by atomic mass is 10.1. The van der Waals surface area contributed by atoms with Gasteiger partial charge < -0.3 is 9.30 Å². The van der Waals surface area contributed by atoms with E-state index in [0.29, 0.717) is 23.5 Å². The predicted octanol–water partition coefficient (Wildman–Crippen LogP) is 5.12. The zero-order valence-electron chi connectivity index (χ0n) is 16.3. The molecule has 7 heteroatoms. The fraction of sp³-hybridized carbons (Fsp3) is 0.182. The second kappa shape index (κ2) is 9.71. The van der Waals surface area contributed by atoms with Crippen LogP contribution in [0.15, 0.2) is 70.8 Å². The van der Waals surface area contributed by atoms with Crippen molar-refractivity contribution in [3.8, 4) is 17.0 Å². The number of nitrogens with zero attached hydrogens (tertiary/aromatic N) is 2. The molecule has 1 aromatic heterocycles. The van der Waals surface area contributed by atoms with Crippen LogP contribution >= 0.6 is 27.3 Å². The van der Waals surface area contributed by atoms with Crippen molar-refractivity contribution in [2.75, 3.05) is 6.61 Å². The molecule has 1 amide bonds. The predicted molar refractivity (Wildman–Crippen MR) is 121 cm³/mol. The number of halogens is 1. The standard InChI is InChI=1S/C22H22BrN3O2S/c1-4-14-26-20(16-8-12-19(13-9-16)28-5-2)15(3)29-22(26)25-24-21(27)17-6-10-18(23)11-7-17/h4,6-13H,1,5,14H2,2-3H3,(H,24,27)/b25-22+. The first-order chi connectivity index (χ1) is 14.0. The van der Waals surface area contributed by atoms with E-state index >= 15 is 0 Å². The number of aryl methyl sites for hydroxylation is 1. The molecule has 0 aliphatic carbocycles. The molecule has 5 nitrogen and oxygen atoms in total. The number of ether oxygens (including phenoxy) is 1. The minimum Gasteiger partial charge on any atom is -0.494 e. The average Bonchev–Trinajstić information content (AvgIpc) is 3.03. The van der Waals surface area contributed by atoms with Crippen LogP contribution in [0, 0.1) is 6.92 Å². The molecule has 0 spiro atoms. The first-order valence-electron chi connectivity index (χ1n) is 9.17. The number of thiazole rings is 1. The van der Waals surface area contributed by atoms with E-state index < -0.39 is 0 Å². The molecule has 3 rings (SSSR count). The highest BCUT2D eigenvalue weighted by Crippen LogP contribution is 2.27. The smallest absolute Gasteiger partial charge is 0.271 e. The number of rotatable bonds is 7. The van der Waals surface area contributed by atoms with Crippen molar-refractivity contribution in [3.05, 3.63) is 80.9 Å². The topological polar surface area (TPSA) is 55.6 Å². The number of carbonyl (C=O) groups excluding carboxylic acids is 1. The first-order valence-corrected chi connectivity index (χ1v) is 10.8. The van der Waals surface area contributed by atoms with Crippen molar-refractivity contribution in [1.29, 1.82) is 0 Å². The van der Waals surface area contributed by atoms with Gasteiger partial charge >= 0.3 is 0 Å². The van der Waals surface area contributed by atoms with Crippen molar-refractivity contribution in [3.63, 3.8) is 0 Å². The van der Waals surface area contributed by atoms with E-state index in [-0.39, 0.29) is 5.91 Å². The van der Waals surface area contributed by atoms with Crippen molar-refractivity contribution >= 4 is 33.2 Å². The molecule has 0 radical (unpaired) electrons. The van der Waals surface area contributed by atoms with Crippen LogP contribution in [0.2, 0.25) is 0 Å². The highest BCUT2D eigenvalue weighted by atomic mass is 79.9. The van der Waals surface area contributed by atoms with Gasteiger partial charge in [-0.1, -0.05) is 33.3 Å². The molecule has 3 aromatic rings. The third-order valence-electron chi connectivity index (χ3n) is 4.19. The van der Waals surface area contributed by atoms with Crippen molar-refractivity contribution < 1.29 is 9.53 Å². The largest absolute Gasteiger partial charge is 0.494 e. The summed E-state index contributed by atoms with van der Waals surface area (Å²) in [5.74, 6) is 0.586. The van der Waals surface area contributed by atoms with E-state index in [1.54, 1.807) is 12.1 Å². The highest BCUT2D eigenvalue weighted by Gasteiger charge is 2.13. The summed E-state index contributed by atoms with van der Waals surface area (Å²) < 4.78 is 8.50. The molecule has 0 saturated heterocycles. The highest BCUT2D eigenvalue weighted by molar-refractivity contribution is 9.10. The molecule has 1 N–H and O–H groups in total. The molecule has 0 aliphatic heterocycles. The van der Waals surface area contributed by atoms with Gasteiger partial charge in [-0.05, 0) is 67.9 Å². The summed E-state index contributed by atoms with van der Waals surface area (Å²) in [4.78, 5) is 14.2. The maximum atomic E-state index is 12.4. The van der Waals surface area contributed by atoms with E-state index in [1.807, 2.05) is 60.9 Å². The van der Waals surface area contributed by atoms with Gasteiger partial charge in [-0.15, -0.1) is 11.7 Å². The molecule has 1 heterocycles. The molecule has 0 unspecified atom stereocenters. The van der Waals surface area contributed by atoms with Gasteiger partial charge in [0.2, 0.25) is 4.80 Å². The van der Waals surface area contributed by atoms with Crippen LogP contribution in [0.5, 0.6) is 5.75 Å². The van der Waals surface area contributed by atoms with Crippen LogP contribution in [0.4, 0.5) is 0 Å². The third kappa shape index (κ3) is 5.05. The van der Waals surface area contributed by atoms with Crippen molar-refractivity contribution in [1.82, 2.24) is 9.99 Å². The molecule has 0 saturated carbocycles. The van der Waals surface area contributed by atoms with Gasteiger partial charge in [-0.25, -0.2) is 5.43 Å². The normalized spacial score (nSPS) is 11.3. The molecule has 0 aliphatic rings. The molecule has 0 bridgehead atoms. The van der Waals surface area contributed by atoms with Crippen molar-refractivity contribution in [2.24, 2.45) is 5.10 Å². The van der Waals surface area contributed by atoms with Crippen LogP contribution in [0.3, 0.4) is 0 Å². The van der Waals surface area contributed by atoms with Crippen LogP contribution in [-0.2, 0) is 6.54 Å². The quantitative estimate of drug-likeness (QED) is 0.384. The summed E-state index contributed by atoms with van der Waals surface area (Å²) in [6, 6.07) is 15.1. The fourth-order valence-corrected chi connectivity index (χ4v) is 4.14. The monoisotopic (exact) mass is 471 g/mol. The van der Waals surface area contributed by atoms with Gasteiger partial charge in [0, 0.05) is 21.5 Å². The molecule has 0 fully saturated rings. The van der Waals surface area contributed by atoms with E-state index in [0.717, 1.165) is 26.4 Å². The molecule has 2 aromatic carbocycles. The van der Waals surface area contributed by atoms with Gasteiger partial charge in [0.25, 0.3) is 5.91 Å². The minimum atomic E-state index is -0.253. The van der Waals surface area contributed by atoms with Gasteiger partial charge in [-0.3, -0.25) is 4.79 Å². The lowest BCUT2D eigenvalue weighted by molar-refractivity contribution is 0.0953. The number of aromatic nitrogens is 1. The van der Waals surface area contributed by atoms with Crippen LogP contribution in [0.1, 0.15) is 22.2 Å². The van der Waals surface area contributed by atoms with E-state index in [9.17, 15) is 4.79 Å². The number of hydrogen-bond donors (Lipinski definition) is 1. The Morgan fingerprint density at radius 2 is 1.93 bits per heavy atom. The maximum absolute atomic E-state index is 12.4. The third-order valence-corrected chi connectivity index (χ3v) is 5.71. The van der Waals surface area contributed by atoms with E-state index in [2.05, 4.69) is 33.0 Å². The molecule has 0 atom stereocenters. The number of hydrogen-bond acceptors (Lipinski definition) is 4. The molecular formula is C22H22BrN3O2S. The van der Waals surface area contributed by atoms with Gasteiger partial charge in [0.1, 0.15) is 5.75 Å². The first kappa shape index (κ1) is 21.1. The summed E-state index contributed by atoms with van der Waals surface area (Å²) in [5, 5.41) is 4.38. The second-order valence-corrected chi connectivity index (χ2v) is 8.30. The lowest BCUT2D eigenvalue weighted by Crippen LogP contribution is -2.24. The Labute approximate surface area is 182 Å². The molecule has 29 heavy (non-hydrogen) atoms. The fourth-order valence-electron chi connectivity index (χ4n) is 2.91. The zero-order chi connectivity index (χ0) is 20.8. The average molecular weight is 472 g/mol. The van der Waals surface area contributed by atoms with E-state index in [1.165, 1.54) is 11.3 Å². The maximum Gasteiger partial charge on any atom is 0.271 e. The Kier molecular flexibility index (Phi) is 7.06. The summed E-state index contributed by atoms with van der Waals surface area (Å²) >= 11 is 4.89. The van der Waals surface area contributed by atoms with E-state index in [4.69, 9.17) is 4.74 Å². The summed E-state index contributed by atoms with van der Waals surface area (Å²) in [6.45, 7) is 9.09. The van der Waals surface area contributed by atoms with Crippen molar-refractivity contribution in [2.45, 2.75) is 20.4 Å². The molecule has 150 valence electrons. The number of benzene rings is 2. The van der Waals surface area contributed by atoms with Gasteiger partial charge in [0.15, 0.2) is 0 Å². The minimum absolute atomic E-state index is 0.253. The Morgan fingerprint density at radius 3 is 2.55 bits per heavy atom. The zero-order valence-corrected chi connectivity index (χ0v) is 18.7. The number of allylic oxidation sites excluding steroid dienone is 1. The SMILES string of the molecule is C=CCn1c(-c2ccc(OCC)cc2)c(C)s/c1=N/NC(=O)c1ccc(Br)cc1. The van der Waals surface area contributed by atoms with Gasteiger partial charge in [-0.2, -0.15) is 0 Å². The molecular weight excluding hydrogens is 450 g/mol. The number of carbonyl (C=O) groups is 1. The Balaban J connectivity index is 1.94.